The Bertz CT molecular complexity index is 1020. The molecule has 1 aromatic carbocycles. The molecule has 3 rings (SSSR count). The van der Waals surface area contributed by atoms with Crippen molar-refractivity contribution < 1.29 is 8.42 Å². The molecule has 0 saturated heterocycles. The maximum absolute atomic E-state index is 12.9. The second-order valence-electron chi connectivity index (χ2n) is 6.22. The lowest BCUT2D eigenvalue weighted by Gasteiger charge is -2.11. The van der Waals surface area contributed by atoms with E-state index in [4.69, 9.17) is 0 Å². The Morgan fingerprint density at radius 3 is 2.54 bits per heavy atom. The van der Waals surface area contributed by atoms with Crippen molar-refractivity contribution in [3.05, 3.63) is 40.0 Å². The molecule has 0 aliphatic rings. The molecule has 0 amide bonds. The first-order valence-corrected chi connectivity index (χ1v) is 9.95. The fourth-order valence-corrected chi connectivity index (χ4v) is 4.92. The van der Waals surface area contributed by atoms with Crippen LogP contribution in [-0.4, -0.2) is 23.0 Å². The minimum atomic E-state index is -3.78. The Morgan fingerprint density at radius 2 is 1.92 bits per heavy atom. The van der Waals surface area contributed by atoms with Crippen molar-refractivity contribution in [1.29, 1.82) is 0 Å². The Kier molecular flexibility index (Phi) is 4.13. The van der Waals surface area contributed by atoms with E-state index < -0.39 is 10.0 Å². The van der Waals surface area contributed by atoms with Crippen LogP contribution in [0.5, 0.6) is 0 Å². The van der Waals surface area contributed by atoms with Gasteiger partial charge in [-0.3, -0.25) is 4.72 Å². The summed E-state index contributed by atoms with van der Waals surface area (Å²) in [4.78, 5) is 4.96. The molecule has 0 atom stereocenters. The maximum atomic E-state index is 12.9. The Balaban J connectivity index is 2.09. The van der Waals surface area contributed by atoms with E-state index in [1.165, 1.54) is 15.9 Å². The summed E-state index contributed by atoms with van der Waals surface area (Å²) >= 11 is 1.42. The van der Waals surface area contributed by atoms with E-state index in [1.807, 2.05) is 39.8 Å². The van der Waals surface area contributed by atoms with Crippen LogP contribution in [0.4, 0.5) is 5.69 Å². The van der Waals surface area contributed by atoms with E-state index in [0.29, 0.717) is 16.3 Å². The number of aryl methyl sites for hydroxylation is 3. The third kappa shape index (κ3) is 2.91. The molecule has 0 saturated carbocycles. The van der Waals surface area contributed by atoms with E-state index >= 15 is 0 Å². The summed E-state index contributed by atoms with van der Waals surface area (Å²) in [7, 11) is -3.78. The van der Waals surface area contributed by atoms with E-state index in [1.54, 1.807) is 13.0 Å². The van der Waals surface area contributed by atoms with Crippen LogP contribution in [0.1, 0.15) is 41.6 Å². The number of fused-ring (bicyclic) bond motifs is 1. The first-order valence-electron chi connectivity index (χ1n) is 7.65. The second-order valence-corrected chi connectivity index (χ2v) is 8.80. The lowest BCUT2D eigenvalue weighted by molar-refractivity contribution is 0.592. The van der Waals surface area contributed by atoms with Crippen molar-refractivity contribution in [2.45, 2.75) is 45.6 Å². The molecule has 0 unspecified atom stereocenters. The molecule has 0 fully saturated rings. The molecule has 0 radical (unpaired) electrons. The summed E-state index contributed by atoms with van der Waals surface area (Å²) in [5, 5.41) is 5.39. The number of hydrogen-bond donors (Lipinski definition) is 1. The number of benzene rings is 1. The van der Waals surface area contributed by atoms with Crippen LogP contribution < -0.4 is 4.72 Å². The first kappa shape index (κ1) is 16.9. The van der Waals surface area contributed by atoms with Crippen molar-refractivity contribution in [3.63, 3.8) is 0 Å². The molecule has 1 N–H and O–H groups in total. The highest BCUT2D eigenvalue weighted by molar-refractivity contribution is 7.92. The van der Waals surface area contributed by atoms with E-state index in [9.17, 15) is 8.42 Å². The van der Waals surface area contributed by atoms with Crippen molar-refractivity contribution in [2.24, 2.45) is 0 Å². The normalized spacial score (nSPS) is 12.2. The van der Waals surface area contributed by atoms with Crippen LogP contribution in [0.15, 0.2) is 23.2 Å². The van der Waals surface area contributed by atoms with Gasteiger partial charge in [0.25, 0.3) is 10.0 Å². The lowest BCUT2D eigenvalue weighted by atomic mass is 10.1. The fraction of sp³-hybridized carbons (Fsp3) is 0.375. The number of imidazole rings is 1. The van der Waals surface area contributed by atoms with Crippen molar-refractivity contribution in [2.75, 3.05) is 4.72 Å². The largest absolute Gasteiger partial charge is 0.281 e. The summed E-state index contributed by atoms with van der Waals surface area (Å²) in [5.74, 6) is 0.222. The molecule has 3 aromatic rings. The molecular formula is C16H20N4O2S2. The zero-order valence-corrected chi connectivity index (χ0v) is 15.9. The van der Waals surface area contributed by atoms with Gasteiger partial charge in [-0.1, -0.05) is 42.9 Å². The number of rotatable bonds is 4. The molecular weight excluding hydrogens is 344 g/mol. The zero-order valence-electron chi connectivity index (χ0n) is 14.3. The molecule has 8 heteroatoms. The van der Waals surface area contributed by atoms with Crippen LogP contribution in [0, 0.1) is 20.8 Å². The van der Waals surface area contributed by atoms with Crippen LogP contribution in [0.25, 0.3) is 4.96 Å². The number of nitrogens with zero attached hydrogens (tertiary/aromatic N) is 3. The van der Waals surface area contributed by atoms with E-state index in [-0.39, 0.29) is 10.9 Å². The monoisotopic (exact) mass is 364 g/mol. The van der Waals surface area contributed by atoms with E-state index in [0.717, 1.165) is 16.1 Å². The minimum absolute atomic E-state index is 0.0978. The number of nitrogens with one attached hydrogen (secondary N) is 1. The van der Waals surface area contributed by atoms with Crippen LogP contribution >= 0.6 is 11.3 Å². The van der Waals surface area contributed by atoms with Gasteiger partial charge in [0, 0.05) is 5.92 Å². The van der Waals surface area contributed by atoms with Crippen molar-refractivity contribution >= 4 is 32.0 Å². The smallest absolute Gasteiger partial charge is 0.278 e. The van der Waals surface area contributed by atoms with Gasteiger partial charge in [-0.05, 0) is 32.4 Å². The van der Waals surface area contributed by atoms with Gasteiger partial charge >= 0.3 is 0 Å². The second kappa shape index (κ2) is 5.86. The Hall–Kier alpha value is -1.93. The van der Waals surface area contributed by atoms with Gasteiger partial charge in [-0.25, -0.2) is 4.98 Å². The maximum Gasteiger partial charge on any atom is 0.281 e. The highest BCUT2D eigenvalue weighted by Crippen LogP contribution is 2.28. The molecule has 24 heavy (non-hydrogen) atoms. The summed E-state index contributed by atoms with van der Waals surface area (Å²) in [6, 6.07) is 5.59. The summed E-state index contributed by atoms with van der Waals surface area (Å²) in [6.45, 7) is 9.58. The fourth-order valence-electron chi connectivity index (χ4n) is 2.51. The molecule has 0 bridgehead atoms. The average Bonchev–Trinajstić information content (AvgIpc) is 2.98. The highest BCUT2D eigenvalue weighted by atomic mass is 32.2. The molecule has 2 heterocycles. The lowest BCUT2D eigenvalue weighted by Crippen LogP contribution is -2.17. The predicted octanol–water partition coefficient (Wildman–Crippen LogP) is 3.64. The SMILES string of the molecule is Cc1ccc(NS(=O)(=O)c2c(C)nc3sc(C(C)C)nn23)c(C)c1. The van der Waals surface area contributed by atoms with Gasteiger partial charge < -0.3 is 0 Å². The van der Waals surface area contributed by atoms with Crippen molar-refractivity contribution in [3.8, 4) is 0 Å². The quantitative estimate of drug-likeness (QED) is 0.767. The standard InChI is InChI=1S/C16H20N4O2S2/c1-9(2)14-18-20-15(12(5)17-16(20)23-14)24(21,22)19-13-7-6-10(3)8-11(13)4/h6-9,19H,1-5H3. The number of aromatic nitrogens is 3. The Labute approximate surface area is 145 Å². The number of sulfonamides is 1. The summed E-state index contributed by atoms with van der Waals surface area (Å²) < 4.78 is 29.9. The molecule has 2 aromatic heterocycles. The average molecular weight is 364 g/mol. The van der Waals surface area contributed by atoms with Crippen molar-refractivity contribution in [1.82, 2.24) is 14.6 Å². The minimum Gasteiger partial charge on any atom is -0.278 e. The summed E-state index contributed by atoms with van der Waals surface area (Å²) in [5.41, 5.74) is 2.97. The predicted molar refractivity (Wildman–Crippen MR) is 96.4 cm³/mol. The van der Waals surface area contributed by atoms with Gasteiger partial charge in [0.2, 0.25) is 9.99 Å². The van der Waals surface area contributed by atoms with Crippen LogP contribution in [0.2, 0.25) is 0 Å². The van der Waals surface area contributed by atoms with Gasteiger partial charge in [0.05, 0.1) is 11.4 Å². The van der Waals surface area contributed by atoms with Crippen LogP contribution in [0.3, 0.4) is 0 Å². The van der Waals surface area contributed by atoms with E-state index in [2.05, 4.69) is 14.8 Å². The highest BCUT2D eigenvalue weighted by Gasteiger charge is 2.26. The third-order valence-corrected chi connectivity index (χ3v) is 6.39. The topological polar surface area (TPSA) is 76.4 Å². The van der Waals surface area contributed by atoms with Crippen LogP contribution in [-0.2, 0) is 10.0 Å². The van der Waals surface area contributed by atoms with Gasteiger partial charge in [-0.2, -0.15) is 18.0 Å². The van der Waals surface area contributed by atoms with Gasteiger partial charge in [-0.15, -0.1) is 0 Å². The number of anilines is 1. The first-order chi connectivity index (χ1) is 11.2. The molecule has 6 nitrogen and oxygen atoms in total. The molecule has 128 valence electrons. The van der Waals surface area contributed by atoms with Gasteiger partial charge in [0.15, 0.2) is 0 Å². The number of hydrogen-bond acceptors (Lipinski definition) is 5. The molecule has 0 aliphatic carbocycles. The third-order valence-electron chi connectivity index (χ3n) is 3.72. The van der Waals surface area contributed by atoms with Gasteiger partial charge in [0.1, 0.15) is 5.01 Å². The zero-order chi connectivity index (χ0) is 17.6. The molecule has 0 spiro atoms. The summed E-state index contributed by atoms with van der Waals surface area (Å²) in [6.07, 6.45) is 0. The Morgan fingerprint density at radius 1 is 1.21 bits per heavy atom. The molecule has 0 aliphatic heterocycles.